The van der Waals surface area contributed by atoms with Gasteiger partial charge in [-0.2, -0.15) is 13.2 Å². The van der Waals surface area contributed by atoms with Crippen molar-refractivity contribution in [2.45, 2.75) is 12.1 Å². The number of benzene rings is 2. The van der Waals surface area contributed by atoms with Crippen LogP contribution in [-0.2, 0) is 6.18 Å². The van der Waals surface area contributed by atoms with Gasteiger partial charge in [0.15, 0.2) is 5.76 Å². The second kappa shape index (κ2) is 8.12. The molecule has 178 valence electrons. The van der Waals surface area contributed by atoms with Gasteiger partial charge in [-0.05, 0) is 35.4 Å². The summed E-state index contributed by atoms with van der Waals surface area (Å²) in [6.45, 7) is -1.34. The number of carbonyl (C=O) groups is 2. The van der Waals surface area contributed by atoms with Gasteiger partial charge in [0.1, 0.15) is 0 Å². The molecular formula is C22H16F5N3O4. The summed E-state index contributed by atoms with van der Waals surface area (Å²) in [4.78, 5) is 28.6. The van der Waals surface area contributed by atoms with Crippen molar-refractivity contribution in [2.75, 3.05) is 25.0 Å². The molecule has 1 fully saturated rings. The van der Waals surface area contributed by atoms with Crippen LogP contribution in [0.5, 0.6) is 0 Å². The van der Waals surface area contributed by atoms with E-state index in [0.717, 1.165) is 24.2 Å². The monoisotopic (exact) mass is 481 g/mol. The van der Waals surface area contributed by atoms with Gasteiger partial charge in [0.2, 0.25) is 0 Å². The zero-order valence-corrected chi connectivity index (χ0v) is 17.4. The molecule has 0 saturated carbocycles. The van der Waals surface area contributed by atoms with Crippen molar-refractivity contribution in [1.82, 2.24) is 9.88 Å². The van der Waals surface area contributed by atoms with Crippen LogP contribution in [0, 0.1) is 0 Å². The van der Waals surface area contributed by atoms with Gasteiger partial charge in [0.05, 0.1) is 24.8 Å². The Labute approximate surface area is 189 Å². The van der Waals surface area contributed by atoms with Crippen LogP contribution < -0.4 is 4.90 Å². The van der Waals surface area contributed by atoms with Gasteiger partial charge in [0, 0.05) is 18.2 Å². The predicted molar refractivity (Wildman–Crippen MR) is 110 cm³/mol. The highest BCUT2D eigenvalue weighted by Gasteiger charge is 2.46. The van der Waals surface area contributed by atoms with Gasteiger partial charge in [-0.1, -0.05) is 18.2 Å². The summed E-state index contributed by atoms with van der Waals surface area (Å²) in [5.74, 6) is -3.76. The van der Waals surface area contributed by atoms with Crippen LogP contribution in [0.15, 0.2) is 53.1 Å². The summed E-state index contributed by atoms with van der Waals surface area (Å²) >= 11 is 0. The molecule has 7 nitrogen and oxygen atoms in total. The highest BCUT2D eigenvalue weighted by molar-refractivity contribution is 5.95. The third-order valence-electron chi connectivity index (χ3n) is 5.25. The van der Waals surface area contributed by atoms with E-state index in [2.05, 4.69) is 4.98 Å². The molecule has 1 aliphatic rings. The standard InChI is InChI=1S/C22H16F5N3O4/c1-29(20(32)33)19-28-9-17(34-19)15-7-6-14(8-16(15)22(25,26)27)12-2-4-13(5-3-12)18(31)30-10-21(23,24)11-30/h2-9H,10-11H2,1H3,(H,32,33). The number of rotatable bonds is 4. The van der Waals surface area contributed by atoms with E-state index >= 15 is 0 Å². The van der Waals surface area contributed by atoms with E-state index in [-0.39, 0.29) is 28.5 Å². The summed E-state index contributed by atoms with van der Waals surface area (Å²) in [6.07, 6.45) is -5.17. The third kappa shape index (κ3) is 4.43. The van der Waals surface area contributed by atoms with Crippen molar-refractivity contribution in [3.63, 3.8) is 0 Å². The summed E-state index contributed by atoms with van der Waals surface area (Å²) in [7, 11) is 1.13. The number of carboxylic acid groups (broad SMARTS) is 1. The maximum absolute atomic E-state index is 13.8. The van der Waals surface area contributed by atoms with E-state index < -0.39 is 42.8 Å². The number of hydrogen-bond donors (Lipinski definition) is 1. The highest BCUT2D eigenvalue weighted by atomic mass is 19.4. The van der Waals surface area contributed by atoms with Crippen LogP contribution in [0.4, 0.5) is 32.8 Å². The first-order valence-corrected chi connectivity index (χ1v) is 9.77. The zero-order chi connectivity index (χ0) is 24.8. The zero-order valence-electron chi connectivity index (χ0n) is 17.4. The van der Waals surface area contributed by atoms with Gasteiger partial charge in [0.25, 0.3) is 11.8 Å². The number of carbonyl (C=O) groups excluding carboxylic acids is 1. The number of aromatic nitrogens is 1. The van der Waals surface area contributed by atoms with Crippen molar-refractivity contribution < 1.29 is 41.1 Å². The Kier molecular flexibility index (Phi) is 5.54. The van der Waals surface area contributed by atoms with Crippen molar-refractivity contribution in [3.05, 3.63) is 59.8 Å². The Hall–Kier alpha value is -3.96. The molecule has 1 saturated heterocycles. The molecule has 34 heavy (non-hydrogen) atoms. The Balaban J connectivity index is 1.63. The molecule has 12 heteroatoms. The largest absolute Gasteiger partial charge is 0.465 e. The number of likely N-dealkylation sites (tertiary alicyclic amines) is 1. The van der Waals surface area contributed by atoms with Crippen molar-refractivity contribution in [3.8, 4) is 22.5 Å². The predicted octanol–water partition coefficient (Wildman–Crippen LogP) is 5.23. The Morgan fingerprint density at radius 1 is 1.09 bits per heavy atom. The number of oxazole rings is 1. The number of anilines is 1. The normalized spacial score (nSPS) is 15.1. The molecular weight excluding hydrogens is 465 g/mol. The van der Waals surface area contributed by atoms with Gasteiger partial charge >= 0.3 is 18.3 Å². The maximum atomic E-state index is 13.8. The molecule has 1 aliphatic heterocycles. The average molecular weight is 481 g/mol. The third-order valence-corrected chi connectivity index (χ3v) is 5.25. The van der Waals surface area contributed by atoms with Crippen molar-refractivity contribution >= 4 is 18.0 Å². The summed E-state index contributed by atoms with van der Waals surface area (Å²) < 4.78 is 72.6. The first-order chi connectivity index (χ1) is 15.9. The fourth-order valence-electron chi connectivity index (χ4n) is 3.44. The van der Waals surface area contributed by atoms with E-state index in [1.807, 2.05) is 0 Å². The van der Waals surface area contributed by atoms with Gasteiger partial charge in [-0.15, -0.1) is 0 Å². The average Bonchev–Trinajstić information content (AvgIpc) is 3.25. The van der Waals surface area contributed by atoms with Crippen LogP contribution in [0.2, 0.25) is 0 Å². The lowest BCUT2D eigenvalue weighted by atomic mass is 9.97. The van der Waals surface area contributed by atoms with Crippen molar-refractivity contribution in [2.24, 2.45) is 0 Å². The van der Waals surface area contributed by atoms with E-state index in [4.69, 9.17) is 9.52 Å². The van der Waals surface area contributed by atoms with Crippen LogP contribution in [0.3, 0.4) is 0 Å². The van der Waals surface area contributed by atoms with E-state index in [0.29, 0.717) is 10.5 Å². The van der Waals surface area contributed by atoms with E-state index in [1.165, 1.54) is 36.4 Å². The number of halogens is 5. The molecule has 2 aromatic carbocycles. The first-order valence-electron chi connectivity index (χ1n) is 9.77. The van der Waals surface area contributed by atoms with E-state index in [9.17, 15) is 31.5 Å². The second-order valence-corrected chi connectivity index (χ2v) is 7.70. The summed E-state index contributed by atoms with van der Waals surface area (Å²) in [5, 5.41) is 8.97. The number of nitrogens with zero attached hydrogens (tertiary/aromatic N) is 3. The van der Waals surface area contributed by atoms with Gasteiger partial charge in [-0.3, -0.25) is 4.79 Å². The Bertz CT molecular complexity index is 1250. The number of alkyl halides is 5. The maximum Gasteiger partial charge on any atom is 0.417 e. The quantitative estimate of drug-likeness (QED) is 0.516. The van der Waals surface area contributed by atoms with E-state index in [1.54, 1.807) is 0 Å². The van der Waals surface area contributed by atoms with Crippen LogP contribution in [0.1, 0.15) is 15.9 Å². The lowest BCUT2D eigenvalue weighted by molar-refractivity contribution is -0.137. The second-order valence-electron chi connectivity index (χ2n) is 7.70. The van der Waals surface area contributed by atoms with Crippen molar-refractivity contribution in [1.29, 1.82) is 0 Å². The molecule has 3 aromatic rings. The first kappa shape index (κ1) is 23.2. The molecule has 1 N–H and O–H groups in total. The fourth-order valence-corrected chi connectivity index (χ4v) is 3.44. The topological polar surface area (TPSA) is 86.9 Å². The van der Waals surface area contributed by atoms with Crippen LogP contribution >= 0.6 is 0 Å². The number of hydrogen-bond acceptors (Lipinski definition) is 4. The molecule has 4 rings (SSSR count). The lowest BCUT2D eigenvalue weighted by Gasteiger charge is -2.38. The minimum absolute atomic E-state index is 0.142. The summed E-state index contributed by atoms with van der Waals surface area (Å²) in [5.41, 5.74) is -0.670. The fraction of sp³-hybridized carbons (Fsp3) is 0.227. The molecule has 0 aliphatic carbocycles. The van der Waals surface area contributed by atoms with Gasteiger partial charge < -0.3 is 14.4 Å². The molecule has 0 atom stereocenters. The SMILES string of the molecule is CN(C(=O)O)c1ncc(-c2ccc(-c3ccc(C(=O)N4CC(F)(F)C4)cc3)cc2C(F)(F)F)o1. The van der Waals surface area contributed by atoms with Crippen LogP contribution in [-0.4, -0.2) is 53.1 Å². The highest BCUT2D eigenvalue weighted by Crippen LogP contribution is 2.40. The molecule has 2 heterocycles. The summed E-state index contributed by atoms with van der Waals surface area (Å²) in [6, 6.07) is 8.65. The minimum Gasteiger partial charge on any atom is -0.465 e. The van der Waals surface area contributed by atoms with Crippen LogP contribution in [0.25, 0.3) is 22.5 Å². The molecule has 0 spiro atoms. The lowest BCUT2D eigenvalue weighted by Crippen LogP contribution is -2.58. The smallest absolute Gasteiger partial charge is 0.417 e. The van der Waals surface area contributed by atoms with Gasteiger partial charge in [-0.25, -0.2) is 23.5 Å². The molecule has 2 amide bonds. The molecule has 0 radical (unpaired) electrons. The Morgan fingerprint density at radius 2 is 1.71 bits per heavy atom. The minimum atomic E-state index is -4.77. The molecule has 0 unspecified atom stereocenters. The molecule has 1 aromatic heterocycles. The molecule has 0 bridgehead atoms. The Morgan fingerprint density at radius 3 is 2.26 bits per heavy atom. The number of amides is 2.